The third kappa shape index (κ3) is 1.85. The number of hydrogen-bond donors (Lipinski definition) is 2. The van der Waals surface area contributed by atoms with Crippen LogP contribution in [0.1, 0.15) is 17.3 Å². The van der Waals surface area contributed by atoms with Crippen molar-refractivity contribution in [1.29, 1.82) is 0 Å². The van der Waals surface area contributed by atoms with E-state index in [0.717, 1.165) is 8.66 Å². The van der Waals surface area contributed by atoms with Gasteiger partial charge in [-0.15, -0.1) is 11.3 Å². The fraction of sp³-hybridized carbons (Fsp3) is 0.444. The van der Waals surface area contributed by atoms with Gasteiger partial charge in [-0.3, -0.25) is 4.79 Å². The molecule has 0 bridgehead atoms. The minimum Gasteiger partial charge on any atom is -0.481 e. The molecule has 3 nitrogen and oxygen atoms in total. The summed E-state index contributed by atoms with van der Waals surface area (Å²) in [6.45, 7) is 0. The Morgan fingerprint density at radius 1 is 1.71 bits per heavy atom. The van der Waals surface area contributed by atoms with Crippen LogP contribution in [0, 0.1) is 11.8 Å². The van der Waals surface area contributed by atoms with E-state index in [1.54, 1.807) is 11.3 Å². The number of carbonyl (C=O) groups is 1. The summed E-state index contributed by atoms with van der Waals surface area (Å²) in [6, 6.07) is 3.78. The quantitative estimate of drug-likeness (QED) is 0.889. The fourth-order valence-corrected chi connectivity index (χ4v) is 3.12. The molecule has 3 unspecified atom stereocenters. The SMILES string of the molecule is NC(c1ccc(Br)s1)C1CC1C(=O)O. The molecular weight excluding hydrogens is 266 g/mol. The van der Waals surface area contributed by atoms with Crippen molar-refractivity contribution in [1.82, 2.24) is 0 Å². The first-order valence-electron chi connectivity index (χ1n) is 4.33. The van der Waals surface area contributed by atoms with E-state index in [1.807, 2.05) is 12.1 Å². The van der Waals surface area contributed by atoms with Crippen LogP contribution in [0.5, 0.6) is 0 Å². The lowest BCUT2D eigenvalue weighted by Gasteiger charge is -2.06. The first kappa shape index (κ1) is 10.1. The second-order valence-electron chi connectivity index (χ2n) is 3.51. The number of nitrogens with two attached hydrogens (primary N) is 1. The van der Waals surface area contributed by atoms with E-state index in [-0.39, 0.29) is 17.9 Å². The van der Waals surface area contributed by atoms with Crippen LogP contribution in [-0.4, -0.2) is 11.1 Å². The summed E-state index contributed by atoms with van der Waals surface area (Å²) >= 11 is 4.94. The van der Waals surface area contributed by atoms with Crippen LogP contribution in [-0.2, 0) is 4.79 Å². The summed E-state index contributed by atoms with van der Waals surface area (Å²) in [4.78, 5) is 11.7. The number of carboxylic acids is 1. The molecule has 1 fully saturated rings. The Balaban J connectivity index is 2.04. The van der Waals surface area contributed by atoms with Gasteiger partial charge in [-0.25, -0.2) is 0 Å². The fourth-order valence-electron chi connectivity index (χ4n) is 1.61. The molecule has 76 valence electrons. The molecule has 1 aromatic rings. The molecule has 1 aliphatic rings. The highest BCUT2D eigenvalue weighted by atomic mass is 79.9. The first-order chi connectivity index (χ1) is 6.59. The number of carboxylic acid groups (broad SMARTS) is 1. The Bertz CT molecular complexity index is 365. The zero-order valence-electron chi connectivity index (χ0n) is 7.31. The van der Waals surface area contributed by atoms with Crippen LogP contribution in [0.3, 0.4) is 0 Å². The minimum absolute atomic E-state index is 0.118. The Hall–Kier alpha value is -0.390. The first-order valence-corrected chi connectivity index (χ1v) is 5.94. The van der Waals surface area contributed by atoms with Crippen molar-refractivity contribution in [2.45, 2.75) is 12.5 Å². The van der Waals surface area contributed by atoms with E-state index in [0.29, 0.717) is 6.42 Å². The maximum Gasteiger partial charge on any atom is 0.306 e. The molecule has 2 rings (SSSR count). The van der Waals surface area contributed by atoms with Gasteiger partial charge in [-0.2, -0.15) is 0 Å². The summed E-state index contributed by atoms with van der Waals surface area (Å²) in [6.07, 6.45) is 0.714. The normalized spacial score (nSPS) is 27.3. The van der Waals surface area contributed by atoms with Gasteiger partial charge in [-0.05, 0) is 40.4 Å². The van der Waals surface area contributed by atoms with Gasteiger partial charge < -0.3 is 10.8 Å². The van der Waals surface area contributed by atoms with Crippen LogP contribution in [0.2, 0.25) is 0 Å². The number of aliphatic carboxylic acids is 1. The molecule has 0 aromatic carbocycles. The van der Waals surface area contributed by atoms with Gasteiger partial charge in [0, 0.05) is 10.9 Å². The maximum atomic E-state index is 10.7. The van der Waals surface area contributed by atoms with Crippen molar-refractivity contribution in [3.8, 4) is 0 Å². The molecule has 0 aliphatic heterocycles. The molecule has 1 heterocycles. The molecule has 3 atom stereocenters. The molecular formula is C9H10BrNO2S. The van der Waals surface area contributed by atoms with Crippen LogP contribution in [0.25, 0.3) is 0 Å². The van der Waals surface area contributed by atoms with Crippen molar-refractivity contribution in [3.05, 3.63) is 20.8 Å². The van der Waals surface area contributed by atoms with E-state index in [4.69, 9.17) is 10.8 Å². The topological polar surface area (TPSA) is 63.3 Å². The summed E-state index contributed by atoms with van der Waals surface area (Å²) in [7, 11) is 0. The minimum atomic E-state index is -0.721. The largest absolute Gasteiger partial charge is 0.481 e. The third-order valence-corrected chi connectivity index (χ3v) is 4.27. The van der Waals surface area contributed by atoms with Crippen molar-refractivity contribution in [2.24, 2.45) is 17.6 Å². The Kier molecular flexibility index (Phi) is 2.64. The van der Waals surface area contributed by atoms with E-state index < -0.39 is 5.97 Å². The second kappa shape index (κ2) is 3.64. The maximum absolute atomic E-state index is 10.7. The van der Waals surface area contributed by atoms with Gasteiger partial charge in [0.25, 0.3) is 0 Å². The highest BCUT2D eigenvalue weighted by Gasteiger charge is 2.47. The van der Waals surface area contributed by atoms with Crippen molar-refractivity contribution >= 4 is 33.2 Å². The van der Waals surface area contributed by atoms with Gasteiger partial charge >= 0.3 is 5.97 Å². The van der Waals surface area contributed by atoms with E-state index in [9.17, 15) is 4.79 Å². The number of thiophene rings is 1. The van der Waals surface area contributed by atoms with Crippen LogP contribution in [0.4, 0.5) is 0 Å². The lowest BCUT2D eigenvalue weighted by molar-refractivity contribution is -0.138. The molecule has 0 amide bonds. The van der Waals surface area contributed by atoms with Gasteiger partial charge in [0.05, 0.1) is 9.70 Å². The van der Waals surface area contributed by atoms with Crippen molar-refractivity contribution < 1.29 is 9.90 Å². The second-order valence-corrected chi connectivity index (χ2v) is 6.01. The lowest BCUT2D eigenvalue weighted by atomic mass is 10.1. The van der Waals surface area contributed by atoms with E-state index >= 15 is 0 Å². The average molecular weight is 276 g/mol. The molecule has 1 saturated carbocycles. The summed E-state index contributed by atoms with van der Waals surface area (Å²) < 4.78 is 1.04. The Morgan fingerprint density at radius 3 is 2.86 bits per heavy atom. The monoisotopic (exact) mass is 275 g/mol. The molecule has 0 radical (unpaired) electrons. The highest BCUT2D eigenvalue weighted by molar-refractivity contribution is 9.11. The molecule has 5 heteroatoms. The summed E-state index contributed by atoms with van der Waals surface area (Å²) in [5.74, 6) is -0.829. The predicted octanol–water partition coefficient (Wildman–Crippen LogP) is 2.23. The average Bonchev–Trinajstić information content (AvgIpc) is 2.82. The number of rotatable bonds is 3. The van der Waals surface area contributed by atoms with Crippen LogP contribution >= 0.6 is 27.3 Å². The van der Waals surface area contributed by atoms with Gasteiger partial charge in [0.1, 0.15) is 0 Å². The standard InChI is InChI=1S/C9H10BrNO2S/c10-7-2-1-6(14-7)8(11)4-3-5(4)9(12)13/h1-2,4-5,8H,3,11H2,(H,12,13). The number of halogens is 1. The summed E-state index contributed by atoms with van der Waals surface area (Å²) in [5, 5.41) is 8.76. The number of hydrogen-bond acceptors (Lipinski definition) is 3. The highest BCUT2D eigenvalue weighted by Crippen LogP contribution is 2.47. The smallest absolute Gasteiger partial charge is 0.306 e. The van der Waals surface area contributed by atoms with Crippen LogP contribution in [0.15, 0.2) is 15.9 Å². The molecule has 0 saturated heterocycles. The molecule has 0 spiro atoms. The zero-order valence-corrected chi connectivity index (χ0v) is 9.72. The molecule has 1 aromatic heterocycles. The molecule has 14 heavy (non-hydrogen) atoms. The molecule has 1 aliphatic carbocycles. The van der Waals surface area contributed by atoms with Gasteiger partial charge in [-0.1, -0.05) is 0 Å². The third-order valence-electron chi connectivity index (χ3n) is 2.54. The molecule has 3 N–H and O–H groups in total. The van der Waals surface area contributed by atoms with Gasteiger partial charge in [0.2, 0.25) is 0 Å². The van der Waals surface area contributed by atoms with E-state index in [2.05, 4.69) is 15.9 Å². The Labute approximate surface area is 94.1 Å². The van der Waals surface area contributed by atoms with Crippen LogP contribution < -0.4 is 5.73 Å². The zero-order chi connectivity index (χ0) is 10.3. The summed E-state index contributed by atoms with van der Waals surface area (Å²) in [5.41, 5.74) is 5.97. The van der Waals surface area contributed by atoms with E-state index in [1.165, 1.54) is 0 Å². The Morgan fingerprint density at radius 2 is 2.43 bits per heavy atom. The predicted molar refractivity (Wildman–Crippen MR) is 58.2 cm³/mol. The van der Waals surface area contributed by atoms with Crippen molar-refractivity contribution in [2.75, 3.05) is 0 Å². The lowest BCUT2D eigenvalue weighted by Crippen LogP contribution is -2.14. The van der Waals surface area contributed by atoms with Crippen molar-refractivity contribution in [3.63, 3.8) is 0 Å². The van der Waals surface area contributed by atoms with Gasteiger partial charge in [0.15, 0.2) is 0 Å².